The predicted octanol–water partition coefficient (Wildman–Crippen LogP) is 3.00. The number of carbonyl (C=O) groups excluding carboxylic acids is 3. The second kappa shape index (κ2) is 8.20. The van der Waals surface area contributed by atoms with E-state index in [9.17, 15) is 14.4 Å². The molecule has 0 atom stereocenters. The molecule has 0 radical (unpaired) electrons. The van der Waals surface area contributed by atoms with Crippen molar-refractivity contribution in [1.82, 2.24) is 10.3 Å². The first-order chi connectivity index (χ1) is 13.1. The van der Waals surface area contributed by atoms with Crippen LogP contribution in [0.4, 0.5) is 0 Å². The summed E-state index contributed by atoms with van der Waals surface area (Å²) < 4.78 is 5.02. The molecule has 2 N–H and O–H groups in total. The lowest BCUT2D eigenvalue weighted by Crippen LogP contribution is -2.16. The summed E-state index contributed by atoms with van der Waals surface area (Å²) in [7, 11) is 0. The summed E-state index contributed by atoms with van der Waals surface area (Å²) in [5, 5.41) is 2.94. The number of nitrogens with one attached hydrogen (secondary N) is 2. The van der Waals surface area contributed by atoms with Gasteiger partial charge in [-0.25, -0.2) is 0 Å². The van der Waals surface area contributed by atoms with Crippen molar-refractivity contribution < 1.29 is 19.1 Å². The maximum atomic E-state index is 12.2. The second-order valence-electron chi connectivity index (χ2n) is 6.68. The number of allylic oxidation sites excluding steroid dienone is 1. The lowest BCUT2D eigenvalue weighted by atomic mass is 9.92. The number of aromatic amines is 1. The van der Waals surface area contributed by atoms with Gasteiger partial charge in [-0.3, -0.25) is 14.4 Å². The summed E-state index contributed by atoms with van der Waals surface area (Å²) in [4.78, 5) is 38.7. The Bertz CT molecular complexity index is 858. The monoisotopic (exact) mass is 368 g/mol. The van der Waals surface area contributed by atoms with E-state index >= 15 is 0 Å². The van der Waals surface area contributed by atoms with Crippen molar-refractivity contribution in [3.8, 4) is 0 Å². The molecule has 1 aromatic heterocycles. The van der Waals surface area contributed by atoms with E-state index < -0.39 is 0 Å². The number of fused-ring (bicyclic) bond motifs is 2. The van der Waals surface area contributed by atoms with Crippen LogP contribution in [0.15, 0.2) is 29.5 Å². The minimum Gasteiger partial charge on any atom is -0.461 e. The Morgan fingerprint density at radius 2 is 2.19 bits per heavy atom. The van der Waals surface area contributed by atoms with Crippen molar-refractivity contribution >= 4 is 24.2 Å². The predicted molar refractivity (Wildman–Crippen MR) is 102 cm³/mol. The standard InChI is InChI=1S/C21H24N2O4/c1-3-10-27-20(25)9-8-16-15-7-5-6-14-13(4-2)21(26)23-18(14)11-17(15)22-19(16)12-24/h3,11-12,22H,1,4-10H2,2H3,(H,23,26)/b18-11+. The summed E-state index contributed by atoms with van der Waals surface area (Å²) in [5.41, 5.74) is 5.95. The quantitative estimate of drug-likeness (QED) is 0.440. The van der Waals surface area contributed by atoms with Crippen LogP contribution in [0.3, 0.4) is 0 Å². The zero-order valence-corrected chi connectivity index (χ0v) is 15.5. The fourth-order valence-corrected chi connectivity index (χ4v) is 3.81. The Hall–Kier alpha value is -2.89. The normalized spacial score (nSPS) is 17.8. The number of esters is 1. The average Bonchev–Trinajstić information content (AvgIpc) is 3.12. The van der Waals surface area contributed by atoms with Crippen LogP contribution in [-0.2, 0) is 27.2 Å². The third kappa shape index (κ3) is 3.79. The van der Waals surface area contributed by atoms with E-state index in [1.807, 2.05) is 13.0 Å². The van der Waals surface area contributed by atoms with E-state index in [0.29, 0.717) is 18.5 Å². The third-order valence-corrected chi connectivity index (χ3v) is 5.05. The van der Waals surface area contributed by atoms with Crippen LogP contribution >= 0.6 is 0 Å². The van der Waals surface area contributed by atoms with Gasteiger partial charge in [-0.1, -0.05) is 19.6 Å². The molecule has 0 bridgehead atoms. The van der Waals surface area contributed by atoms with Crippen LogP contribution in [0.5, 0.6) is 0 Å². The van der Waals surface area contributed by atoms with Crippen LogP contribution in [0.25, 0.3) is 6.08 Å². The number of aromatic nitrogens is 1. The van der Waals surface area contributed by atoms with Crippen LogP contribution < -0.4 is 5.32 Å². The molecule has 0 unspecified atom stereocenters. The van der Waals surface area contributed by atoms with Crippen molar-refractivity contribution in [2.24, 2.45) is 0 Å². The number of aldehydes is 1. The zero-order chi connectivity index (χ0) is 19.4. The molecule has 1 aliphatic heterocycles. The van der Waals surface area contributed by atoms with Gasteiger partial charge >= 0.3 is 5.97 Å². The molecule has 2 aliphatic rings. The van der Waals surface area contributed by atoms with Crippen LogP contribution in [0, 0.1) is 0 Å². The van der Waals surface area contributed by atoms with Crippen LogP contribution in [0.1, 0.15) is 59.9 Å². The largest absolute Gasteiger partial charge is 0.461 e. The van der Waals surface area contributed by atoms with Gasteiger partial charge in [-0.05, 0) is 54.9 Å². The first-order valence-electron chi connectivity index (χ1n) is 9.29. The highest BCUT2D eigenvalue weighted by molar-refractivity contribution is 6.01. The van der Waals surface area contributed by atoms with E-state index in [1.165, 1.54) is 6.08 Å². The maximum Gasteiger partial charge on any atom is 0.306 e. The second-order valence-corrected chi connectivity index (χ2v) is 6.68. The molecule has 6 nitrogen and oxygen atoms in total. The molecular weight excluding hydrogens is 344 g/mol. The minimum atomic E-state index is -0.313. The summed E-state index contributed by atoms with van der Waals surface area (Å²) in [6.07, 6.45) is 8.05. The molecule has 0 fully saturated rings. The summed E-state index contributed by atoms with van der Waals surface area (Å²) in [5.74, 6) is -0.346. The van der Waals surface area contributed by atoms with Gasteiger partial charge in [0.25, 0.3) is 5.91 Å². The molecule has 3 rings (SSSR count). The first kappa shape index (κ1) is 18.9. The van der Waals surface area contributed by atoms with Gasteiger partial charge in [-0.2, -0.15) is 0 Å². The van der Waals surface area contributed by atoms with Gasteiger partial charge < -0.3 is 15.0 Å². The van der Waals surface area contributed by atoms with Crippen molar-refractivity contribution in [3.05, 3.63) is 52.0 Å². The van der Waals surface area contributed by atoms with Crippen LogP contribution in [-0.4, -0.2) is 29.8 Å². The number of amides is 1. The zero-order valence-electron chi connectivity index (χ0n) is 15.5. The summed E-state index contributed by atoms with van der Waals surface area (Å²) in [6.45, 7) is 5.69. The lowest BCUT2D eigenvalue weighted by molar-refractivity contribution is -0.142. The van der Waals surface area contributed by atoms with E-state index in [2.05, 4.69) is 16.9 Å². The number of hydrogen-bond acceptors (Lipinski definition) is 4. The Kier molecular flexibility index (Phi) is 5.74. The lowest BCUT2D eigenvalue weighted by Gasteiger charge is -2.13. The maximum absolute atomic E-state index is 12.2. The number of rotatable bonds is 7. The van der Waals surface area contributed by atoms with Gasteiger partial charge in [-0.15, -0.1) is 0 Å². The molecule has 0 saturated carbocycles. The molecule has 0 saturated heterocycles. The average molecular weight is 368 g/mol. The number of carbonyl (C=O) groups is 3. The first-order valence-corrected chi connectivity index (χ1v) is 9.29. The molecule has 1 aliphatic carbocycles. The van der Waals surface area contributed by atoms with Gasteiger partial charge in [0, 0.05) is 23.4 Å². The highest BCUT2D eigenvalue weighted by atomic mass is 16.5. The minimum absolute atomic E-state index is 0.0328. The SMILES string of the molecule is C=CCOC(=O)CCc1c(C=O)[nH]c2c1CCCC1=C(CC)C(=O)N/C1=C/2. The van der Waals surface area contributed by atoms with Gasteiger partial charge in [0.1, 0.15) is 6.61 Å². The fraction of sp³-hybridized carbons (Fsp3) is 0.381. The molecular formula is C21H24N2O4. The molecule has 1 aromatic rings. The highest BCUT2D eigenvalue weighted by Crippen LogP contribution is 2.34. The van der Waals surface area contributed by atoms with Crippen molar-refractivity contribution in [1.29, 1.82) is 0 Å². The van der Waals surface area contributed by atoms with Crippen LogP contribution in [0.2, 0.25) is 0 Å². The van der Waals surface area contributed by atoms with E-state index in [0.717, 1.165) is 59.2 Å². The molecule has 142 valence electrons. The van der Waals surface area contributed by atoms with Gasteiger partial charge in [0.15, 0.2) is 6.29 Å². The van der Waals surface area contributed by atoms with Gasteiger partial charge in [0.2, 0.25) is 0 Å². The van der Waals surface area contributed by atoms with Crippen molar-refractivity contribution in [2.45, 2.75) is 45.4 Å². The molecule has 1 amide bonds. The third-order valence-electron chi connectivity index (χ3n) is 5.05. The fourth-order valence-electron chi connectivity index (χ4n) is 3.81. The number of H-pyrrole nitrogens is 1. The molecule has 2 heterocycles. The Labute approximate surface area is 158 Å². The molecule has 0 aromatic carbocycles. The Morgan fingerprint density at radius 1 is 1.37 bits per heavy atom. The van der Waals surface area contributed by atoms with E-state index in [-0.39, 0.29) is 24.9 Å². The smallest absolute Gasteiger partial charge is 0.306 e. The van der Waals surface area contributed by atoms with E-state index in [4.69, 9.17) is 4.74 Å². The molecule has 0 spiro atoms. The van der Waals surface area contributed by atoms with Gasteiger partial charge in [0.05, 0.1) is 5.69 Å². The highest BCUT2D eigenvalue weighted by Gasteiger charge is 2.28. The number of hydrogen-bond donors (Lipinski definition) is 2. The Morgan fingerprint density at radius 3 is 2.89 bits per heavy atom. The molecule has 27 heavy (non-hydrogen) atoms. The van der Waals surface area contributed by atoms with Crippen molar-refractivity contribution in [2.75, 3.05) is 6.61 Å². The van der Waals surface area contributed by atoms with Crippen molar-refractivity contribution in [3.63, 3.8) is 0 Å². The van der Waals surface area contributed by atoms with E-state index in [1.54, 1.807) is 0 Å². The summed E-state index contributed by atoms with van der Waals surface area (Å²) >= 11 is 0. The Balaban J connectivity index is 1.91. The topological polar surface area (TPSA) is 88.3 Å². The summed E-state index contributed by atoms with van der Waals surface area (Å²) in [6, 6.07) is 0. The number of ether oxygens (including phenoxy) is 1. The molecule has 6 heteroatoms.